The van der Waals surface area contributed by atoms with Gasteiger partial charge in [-0.25, -0.2) is 4.98 Å². The maximum atomic E-state index is 13.2. The number of nitrogens with one attached hydrogen (secondary N) is 1. The van der Waals surface area contributed by atoms with Gasteiger partial charge in [0.05, 0.1) is 15.6 Å². The number of hydrogen-bond acceptors (Lipinski definition) is 3. The van der Waals surface area contributed by atoms with E-state index in [-0.39, 0.29) is 17.7 Å². The number of likely N-dealkylation sites (tertiary alicyclic amines) is 1. The molecule has 0 saturated carbocycles. The van der Waals surface area contributed by atoms with Gasteiger partial charge >= 0.3 is 0 Å². The summed E-state index contributed by atoms with van der Waals surface area (Å²) < 4.78 is 2.09. The van der Waals surface area contributed by atoms with Crippen molar-refractivity contribution in [1.29, 1.82) is 0 Å². The zero-order chi connectivity index (χ0) is 22.8. The second-order valence-corrected chi connectivity index (χ2v) is 8.88. The number of aryl methyl sites for hydroxylation is 2. The molecule has 0 unspecified atom stereocenters. The van der Waals surface area contributed by atoms with E-state index < -0.39 is 0 Å². The maximum Gasteiger partial charge on any atom is 0.255 e. The number of benzene rings is 1. The number of anilines is 1. The highest BCUT2D eigenvalue weighted by Gasteiger charge is 2.29. The van der Waals surface area contributed by atoms with E-state index in [1.54, 1.807) is 23.1 Å². The predicted octanol–water partition coefficient (Wildman–Crippen LogP) is 5.29. The smallest absolute Gasteiger partial charge is 0.255 e. The first kappa shape index (κ1) is 22.4. The van der Waals surface area contributed by atoms with Crippen molar-refractivity contribution in [3.8, 4) is 5.69 Å². The van der Waals surface area contributed by atoms with Crippen LogP contribution in [-0.2, 0) is 4.79 Å². The number of amides is 2. The number of carbonyl (C=O) groups is 2. The predicted molar refractivity (Wildman–Crippen MR) is 127 cm³/mol. The Morgan fingerprint density at radius 3 is 2.31 bits per heavy atom. The van der Waals surface area contributed by atoms with Crippen molar-refractivity contribution < 1.29 is 9.59 Å². The molecule has 2 amide bonds. The lowest BCUT2D eigenvalue weighted by Crippen LogP contribution is -2.41. The number of hydrogen-bond donors (Lipinski definition) is 1. The zero-order valence-electron chi connectivity index (χ0n) is 17.9. The van der Waals surface area contributed by atoms with Crippen LogP contribution in [0.5, 0.6) is 0 Å². The van der Waals surface area contributed by atoms with Gasteiger partial charge in [0.2, 0.25) is 5.91 Å². The molecular weight excluding hydrogens is 447 g/mol. The number of piperidine rings is 1. The highest BCUT2D eigenvalue weighted by atomic mass is 35.5. The summed E-state index contributed by atoms with van der Waals surface area (Å²) in [7, 11) is 0. The van der Waals surface area contributed by atoms with E-state index in [4.69, 9.17) is 23.2 Å². The topological polar surface area (TPSA) is 67.2 Å². The van der Waals surface area contributed by atoms with Crippen molar-refractivity contribution in [2.24, 2.45) is 5.92 Å². The molecule has 32 heavy (non-hydrogen) atoms. The van der Waals surface area contributed by atoms with E-state index in [0.29, 0.717) is 47.4 Å². The summed E-state index contributed by atoms with van der Waals surface area (Å²) in [5, 5.41) is 3.76. The Balaban J connectivity index is 1.43. The van der Waals surface area contributed by atoms with Crippen LogP contribution < -0.4 is 5.32 Å². The normalized spacial score (nSPS) is 14.4. The van der Waals surface area contributed by atoms with Gasteiger partial charge < -0.3 is 14.8 Å². The average molecular weight is 471 g/mol. The van der Waals surface area contributed by atoms with Gasteiger partial charge in [-0.2, -0.15) is 0 Å². The second-order valence-electron chi connectivity index (χ2n) is 8.03. The van der Waals surface area contributed by atoms with Gasteiger partial charge in [-0.1, -0.05) is 23.2 Å². The van der Waals surface area contributed by atoms with Crippen LogP contribution in [0, 0.1) is 19.8 Å². The fourth-order valence-corrected chi connectivity index (χ4v) is 4.40. The average Bonchev–Trinajstić information content (AvgIpc) is 3.13. The first-order valence-corrected chi connectivity index (χ1v) is 11.3. The molecule has 1 aromatic carbocycles. The van der Waals surface area contributed by atoms with Crippen LogP contribution >= 0.6 is 23.2 Å². The standard InChI is InChI=1S/C24H24Cl2N4O2/c1-15-3-4-16(2)30(15)19-6-7-21(26)20(13-19)24(32)29-11-9-17(10-12-29)23(31)28-22-8-5-18(25)14-27-22/h3-8,13-14,17H,9-12H2,1-2H3,(H,27,28,31). The fourth-order valence-electron chi connectivity index (χ4n) is 4.09. The van der Waals surface area contributed by atoms with E-state index >= 15 is 0 Å². The van der Waals surface area contributed by atoms with Crippen molar-refractivity contribution in [2.75, 3.05) is 18.4 Å². The minimum Gasteiger partial charge on any atom is -0.339 e. The monoisotopic (exact) mass is 470 g/mol. The molecule has 1 N–H and O–H groups in total. The largest absolute Gasteiger partial charge is 0.339 e. The SMILES string of the molecule is Cc1ccc(C)n1-c1ccc(Cl)c(C(=O)N2CCC(C(=O)Nc3ccc(Cl)cn3)CC2)c1. The Morgan fingerprint density at radius 1 is 1.00 bits per heavy atom. The molecular formula is C24H24Cl2N4O2. The van der Waals surface area contributed by atoms with Gasteiger partial charge in [-0.3, -0.25) is 9.59 Å². The Labute approximate surface area is 197 Å². The molecule has 166 valence electrons. The molecule has 1 aliphatic rings. The summed E-state index contributed by atoms with van der Waals surface area (Å²) in [6, 6.07) is 13.0. The summed E-state index contributed by atoms with van der Waals surface area (Å²) in [5.41, 5.74) is 3.56. The molecule has 0 atom stereocenters. The fraction of sp³-hybridized carbons (Fsp3) is 0.292. The molecule has 0 aliphatic carbocycles. The van der Waals surface area contributed by atoms with Crippen LogP contribution in [0.2, 0.25) is 10.0 Å². The zero-order valence-corrected chi connectivity index (χ0v) is 19.5. The van der Waals surface area contributed by atoms with E-state index in [0.717, 1.165) is 17.1 Å². The summed E-state index contributed by atoms with van der Waals surface area (Å²) in [6.07, 6.45) is 2.66. The number of rotatable bonds is 4. The Bertz CT molecular complexity index is 1130. The molecule has 4 rings (SSSR count). The molecule has 1 aliphatic heterocycles. The van der Waals surface area contributed by atoms with Crippen LogP contribution in [0.3, 0.4) is 0 Å². The van der Waals surface area contributed by atoms with Gasteiger partial charge in [-0.05, 0) is 69.2 Å². The lowest BCUT2D eigenvalue weighted by Gasteiger charge is -2.31. The summed E-state index contributed by atoms with van der Waals surface area (Å²) >= 11 is 12.2. The maximum absolute atomic E-state index is 13.2. The molecule has 1 fully saturated rings. The van der Waals surface area contributed by atoms with Gasteiger partial charge in [-0.15, -0.1) is 0 Å². The molecule has 6 nitrogen and oxygen atoms in total. The molecule has 8 heteroatoms. The third-order valence-corrected chi connectivity index (χ3v) is 6.39. The Kier molecular flexibility index (Phi) is 6.53. The van der Waals surface area contributed by atoms with Gasteiger partial charge in [0, 0.05) is 42.3 Å². The van der Waals surface area contributed by atoms with Crippen LogP contribution in [0.1, 0.15) is 34.6 Å². The van der Waals surface area contributed by atoms with Crippen molar-refractivity contribution in [2.45, 2.75) is 26.7 Å². The first-order valence-electron chi connectivity index (χ1n) is 10.5. The summed E-state index contributed by atoms with van der Waals surface area (Å²) in [5.74, 6) is 0.0867. The van der Waals surface area contributed by atoms with Crippen LogP contribution in [0.25, 0.3) is 5.69 Å². The van der Waals surface area contributed by atoms with Gasteiger partial charge in [0.25, 0.3) is 5.91 Å². The molecule has 2 aromatic heterocycles. The van der Waals surface area contributed by atoms with Crippen molar-refractivity contribution in [3.05, 3.63) is 75.7 Å². The molecule has 1 saturated heterocycles. The lowest BCUT2D eigenvalue weighted by atomic mass is 9.95. The molecule has 0 radical (unpaired) electrons. The molecule has 0 bridgehead atoms. The second kappa shape index (κ2) is 9.35. The number of nitrogens with zero attached hydrogens (tertiary/aromatic N) is 3. The highest BCUT2D eigenvalue weighted by Crippen LogP contribution is 2.26. The lowest BCUT2D eigenvalue weighted by molar-refractivity contribution is -0.121. The third-order valence-electron chi connectivity index (χ3n) is 5.84. The van der Waals surface area contributed by atoms with Crippen molar-refractivity contribution in [3.63, 3.8) is 0 Å². The highest BCUT2D eigenvalue weighted by molar-refractivity contribution is 6.34. The molecule has 0 spiro atoms. The van der Waals surface area contributed by atoms with Crippen molar-refractivity contribution in [1.82, 2.24) is 14.5 Å². The summed E-state index contributed by atoms with van der Waals surface area (Å²) in [4.78, 5) is 31.7. The van der Waals surface area contributed by atoms with E-state index in [1.165, 1.54) is 6.20 Å². The number of pyridine rings is 1. The first-order chi connectivity index (χ1) is 15.3. The van der Waals surface area contributed by atoms with Crippen LogP contribution in [0.4, 0.5) is 5.82 Å². The van der Waals surface area contributed by atoms with Gasteiger partial charge in [0.15, 0.2) is 0 Å². The van der Waals surface area contributed by atoms with E-state index in [9.17, 15) is 9.59 Å². The van der Waals surface area contributed by atoms with E-state index in [1.807, 2.05) is 38.1 Å². The third kappa shape index (κ3) is 4.66. The van der Waals surface area contributed by atoms with Crippen molar-refractivity contribution >= 4 is 40.8 Å². The minimum atomic E-state index is -0.177. The number of carbonyl (C=O) groups excluding carboxylic acids is 2. The Morgan fingerprint density at radius 2 is 1.69 bits per heavy atom. The van der Waals surface area contributed by atoms with Crippen LogP contribution in [-0.4, -0.2) is 39.4 Å². The molecule has 3 aromatic rings. The van der Waals surface area contributed by atoms with E-state index in [2.05, 4.69) is 14.9 Å². The number of halogens is 2. The minimum absolute atomic E-state index is 0.0921. The van der Waals surface area contributed by atoms with Crippen LogP contribution in [0.15, 0.2) is 48.7 Å². The quantitative estimate of drug-likeness (QED) is 0.563. The number of aromatic nitrogens is 2. The Hall–Kier alpha value is -2.83. The van der Waals surface area contributed by atoms with Gasteiger partial charge in [0.1, 0.15) is 5.82 Å². The summed E-state index contributed by atoms with van der Waals surface area (Å²) in [6.45, 7) is 5.04. The molecule has 3 heterocycles.